The molecule has 2 unspecified atom stereocenters. The fourth-order valence-corrected chi connectivity index (χ4v) is 2.41. The van der Waals surface area contributed by atoms with E-state index in [0.717, 1.165) is 18.5 Å². The second-order valence-corrected chi connectivity index (χ2v) is 5.20. The maximum absolute atomic E-state index is 11.8. The highest BCUT2D eigenvalue weighted by Gasteiger charge is 2.29. The first-order valence-corrected chi connectivity index (χ1v) is 6.62. The van der Waals surface area contributed by atoms with E-state index in [0.29, 0.717) is 18.9 Å². The van der Waals surface area contributed by atoms with Gasteiger partial charge in [-0.1, -0.05) is 43.2 Å². The van der Waals surface area contributed by atoms with Gasteiger partial charge in [-0.05, 0) is 18.4 Å². The number of hydrogen-bond acceptors (Lipinski definition) is 2. The molecule has 2 atom stereocenters. The summed E-state index contributed by atoms with van der Waals surface area (Å²) in [5.41, 5.74) is 2.06. The molecule has 0 aromatic heterocycles. The van der Waals surface area contributed by atoms with Crippen molar-refractivity contribution in [2.45, 2.75) is 32.8 Å². The number of likely N-dealkylation sites (tertiary alicyclic amines) is 1. The van der Waals surface area contributed by atoms with Gasteiger partial charge in [0.2, 0.25) is 5.91 Å². The maximum Gasteiger partial charge on any atom is 0.223 e. The van der Waals surface area contributed by atoms with E-state index in [1.165, 1.54) is 5.56 Å². The molecular formula is C15H21NO2. The van der Waals surface area contributed by atoms with Gasteiger partial charge in [-0.2, -0.15) is 0 Å². The number of carbonyl (C=O) groups is 1. The van der Waals surface area contributed by atoms with Gasteiger partial charge < -0.3 is 10.0 Å². The first-order valence-electron chi connectivity index (χ1n) is 6.62. The van der Waals surface area contributed by atoms with Crippen molar-refractivity contribution in [3.8, 4) is 0 Å². The summed E-state index contributed by atoms with van der Waals surface area (Å²) < 4.78 is 0. The van der Waals surface area contributed by atoms with Crippen LogP contribution in [0.4, 0.5) is 0 Å². The lowest BCUT2D eigenvalue weighted by Crippen LogP contribution is -2.30. The van der Waals surface area contributed by atoms with Gasteiger partial charge in [0.05, 0.1) is 12.6 Å². The second-order valence-electron chi connectivity index (χ2n) is 5.20. The van der Waals surface area contributed by atoms with E-state index >= 15 is 0 Å². The minimum atomic E-state index is -0.579. The molecule has 2 rings (SSSR count). The molecule has 1 aliphatic rings. The number of carbonyl (C=O) groups excluding carboxylic acids is 1. The number of β-amino-alcohol motifs (C(OH)–C–C–N with tert-alkyl or cyclic N) is 1. The number of rotatable bonds is 4. The minimum absolute atomic E-state index is 0.174. The molecule has 3 nitrogen and oxygen atoms in total. The van der Waals surface area contributed by atoms with Crippen LogP contribution in [-0.2, 0) is 4.79 Å². The van der Waals surface area contributed by atoms with Gasteiger partial charge in [0.15, 0.2) is 0 Å². The van der Waals surface area contributed by atoms with Gasteiger partial charge >= 0.3 is 0 Å². The van der Waals surface area contributed by atoms with Crippen LogP contribution in [0.1, 0.15) is 37.0 Å². The molecular weight excluding hydrogens is 226 g/mol. The lowest BCUT2D eigenvalue weighted by Gasteiger charge is -2.20. The molecule has 1 N–H and O–H groups in total. The molecule has 1 fully saturated rings. The quantitative estimate of drug-likeness (QED) is 0.886. The number of hydrogen-bond donors (Lipinski definition) is 1. The number of benzene rings is 1. The van der Waals surface area contributed by atoms with E-state index in [1.807, 2.05) is 31.2 Å². The molecule has 0 saturated carbocycles. The van der Waals surface area contributed by atoms with Gasteiger partial charge in [0.1, 0.15) is 0 Å². The monoisotopic (exact) mass is 247 g/mol. The molecule has 1 aromatic carbocycles. The predicted molar refractivity (Wildman–Crippen MR) is 71.1 cm³/mol. The Morgan fingerprint density at radius 1 is 1.39 bits per heavy atom. The highest BCUT2D eigenvalue weighted by Crippen LogP contribution is 2.23. The fourth-order valence-electron chi connectivity index (χ4n) is 2.41. The van der Waals surface area contributed by atoms with Crippen molar-refractivity contribution in [1.82, 2.24) is 4.90 Å². The Morgan fingerprint density at radius 2 is 2.06 bits per heavy atom. The van der Waals surface area contributed by atoms with Gasteiger partial charge in [0.25, 0.3) is 0 Å². The normalized spacial score (nSPS) is 21.4. The van der Waals surface area contributed by atoms with Gasteiger partial charge in [-0.3, -0.25) is 4.79 Å². The summed E-state index contributed by atoms with van der Waals surface area (Å²) in [6.45, 7) is 5.33. The lowest BCUT2D eigenvalue weighted by atomic mass is 10.1. The first-order chi connectivity index (χ1) is 8.60. The van der Waals surface area contributed by atoms with Crippen molar-refractivity contribution in [3.63, 3.8) is 0 Å². The standard InChI is InChI=1S/C15H21NO2/c1-3-12-8-15(18)16(9-12)10-14(17)13-6-4-11(2)5-7-13/h4-7,12,14,17H,3,8-10H2,1-2H3. The van der Waals surface area contributed by atoms with Crippen molar-refractivity contribution in [1.29, 1.82) is 0 Å². The van der Waals surface area contributed by atoms with Crippen molar-refractivity contribution >= 4 is 5.91 Å². The first kappa shape index (κ1) is 13.1. The van der Waals surface area contributed by atoms with Crippen LogP contribution in [0.2, 0.25) is 0 Å². The summed E-state index contributed by atoms with van der Waals surface area (Å²) in [5, 5.41) is 10.2. The van der Waals surface area contributed by atoms with Crippen LogP contribution in [0.3, 0.4) is 0 Å². The molecule has 0 bridgehead atoms. The van der Waals surface area contributed by atoms with Gasteiger partial charge in [-0.15, -0.1) is 0 Å². The van der Waals surface area contributed by atoms with Gasteiger partial charge in [0, 0.05) is 13.0 Å². The number of aliphatic hydroxyl groups excluding tert-OH is 1. The summed E-state index contributed by atoms with van der Waals surface area (Å²) in [6.07, 6.45) is 1.09. The van der Waals surface area contributed by atoms with E-state index in [2.05, 4.69) is 6.92 Å². The molecule has 0 radical (unpaired) electrons. The SMILES string of the molecule is CCC1CC(=O)N(CC(O)c2ccc(C)cc2)C1. The van der Waals surface area contributed by atoms with E-state index in [-0.39, 0.29) is 5.91 Å². The molecule has 1 aliphatic heterocycles. The molecule has 18 heavy (non-hydrogen) atoms. The molecule has 1 heterocycles. The highest BCUT2D eigenvalue weighted by molar-refractivity contribution is 5.78. The minimum Gasteiger partial charge on any atom is -0.387 e. The molecule has 1 saturated heterocycles. The third kappa shape index (κ3) is 2.91. The molecule has 98 valence electrons. The Balaban J connectivity index is 1.97. The van der Waals surface area contributed by atoms with Crippen LogP contribution in [0.25, 0.3) is 0 Å². The third-order valence-corrected chi connectivity index (χ3v) is 3.73. The zero-order valence-electron chi connectivity index (χ0n) is 11.1. The summed E-state index contributed by atoms with van der Waals surface area (Å²) >= 11 is 0. The van der Waals surface area contributed by atoms with Crippen LogP contribution >= 0.6 is 0 Å². The number of amides is 1. The van der Waals surface area contributed by atoms with E-state index < -0.39 is 6.10 Å². The summed E-state index contributed by atoms with van der Waals surface area (Å²) in [4.78, 5) is 13.6. The Morgan fingerprint density at radius 3 is 2.61 bits per heavy atom. The van der Waals surface area contributed by atoms with Crippen molar-refractivity contribution in [2.75, 3.05) is 13.1 Å². The van der Waals surface area contributed by atoms with Crippen molar-refractivity contribution < 1.29 is 9.90 Å². The topological polar surface area (TPSA) is 40.5 Å². The third-order valence-electron chi connectivity index (χ3n) is 3.73. The molecule has 3 heteroatoms. The second kappa shape index (κ2) is 5.53. The average Bonchev–Trinajstić information content (AvgIpc) is 2.71. The summed E-state index contributed by atoms with van der Waals surface area (Å²) in [6, 6.07) is 7.83. The Kier molecular flexibility index (Phi) is 4.02. The van der Waals surface area contributed by atoms with Crippen molar-refractivity contribution in [3.05, 3.63) is 35.4 Å². The van der Waals surface area contributed by atoms with Crippen LogP contribution in [-0.4, -0.2) is 29.0 Å². The summed E-state index contributed by atoms with van der Waals surface area (Å²) in [5.74, 6) is 0.635. The smallest absolute Gasteiger partial charge is 0.223 e. The average molecular weight is 247 g/mol. The van der Waals surface area contributed by atoms with Crippen LogP contribution in [0.15, 0.2) is 24.3 Å². The Bertz CT molecular complexity index is 413. The van der Waals surface area contributed by atoms with E-state index in [1.54, 1.807) is 4.90 Å². The molecule has 1 aromatic rings. The Hall–Kier alpha value is -1.35. The maximum atomic E-state index is 11.8. The van der Waals surface area contributed by atoms with E-state index in [9.17, 15) is 9.90 Å². The molecule has 0 spiro atoms. The Labute approximate surface area is 108 Å². The van der Waals surface area contributed by atoms with Crippen LogP contribution in [0, 0.1) is 12.8 Å². The zero-order chi connectivity index (χ0) is 13.1. The fraction of sp³-hybridized carbons (Fsp3) is 0.533. The molecule has 0 aliphatic carbocycles. The zero-order valence-corrected chi connectivity index (χ0v) is 11.1. The number of aryl methyl sites for hydroxylation is 1. The van der Waals surface area contributed by atoms with E-state index in [4.69, 9.17) is 0 Å². The lowest BCUT2D eigenvalue weighted by molar-refractivity contribution is -0.129. The van der Waals surface area contributed by atoms with Gasteiger partial charge in [-0.25, -0.2) is 0 Å². The molecule has 1 amide bonds. The van der Waals surface area contributed by atoms with Crippen LogP contribution < -0.4 is 0 Å². The predicted octanol–water partition coefficient (Wildman–Crippen LogP) is 2.29. The number of nitrogens with zero attached hydrogens (tertiary/aromatic N) is 1. The van der Waals surface area contributed by atoms with Crippen molar-refractivity contribution in [2.24, 2.45) is 5.92 Å². The number of aliphatic hydroxyl groups is 1. The summed E-state index contributed by atoms with van der Waals surface area (Å²) in [7, 11) is 0. The van der Waals surface area contributed by atoms with Crippen LogP contribution in [0.5, 0.6) is 0 Å². The largest absolute Gasteiger partial charge is 0.387 e. The highest BCUT2D eigenvalue weighted by atomic mass is 16.3.